The zero-order valence-corrected chi connectivity index (χ0v) is 11.2. The molecule has 2 aromatic rings. The molecule has 0 saturated carbocycles. The van der Waals surface area contributed by atoms with Crippen LogP contribution in [0.15, 0.2) is 42.5 Å². The highest BCUT2D eigenvalue weighted by molar-refractivity contribution is 14.1. The molecule has 2 aromatic carbocycles. The predicted octanol–water partition coefficient (Wildman–Crippen LogP) is 4.39. The molecule has 0 N–H and O–H groups in total. The number of benzene rings is 2. The van der Waals surface area contributed by atoms with E-state index in [9.17, 15) is 0 Å². The lowest BCUT2D eigenvalue weighted by molar-refractivity contribution is 0.556. The lowest BCUT2D eigenvalue weighted by Crippen LogP contribution is -1.79. The van der Waals surface area contributed by atoms with Crippen LogP contribution in [0.4, 0.5) is 0 Å². The van der Waals surface area contributed by atoms with Gasteiger partial charge in [-0.3, -0.25) is 0 Å². The topological polar surface area (TPSA) is 9.23 Å². The molecule has 0 fully saturated rings. The molecule has 0 saturated heterocycles. The first-order chi connectivity index (χ1) is 7.31. The second-order valence-electron chi connectivity index (χ2n) is 3.19. The summed E-state index contributed by atoms with van der Waals surface area (Å²) in [5.41, 5.74) is 1.41. The quantitative estimate of drug-likeness (QED) is 0.710. The van der Waals surface area contributed by atoms with Crippen LogP contribution in [0, 0.1) is 0 Å². The number of rotatable bonds is 1. The number of hydrogen-bond donors (Lipinski definition) is 0. The van der Waals surface area contributed by atoms with Gasteiger partial charge >= 0.3 is 0 Å². The Morgan fingerprint density at radius 1 is 1.07 bits per heavy atom. The fraction of sp³-hybridized carbons (Fsp3) is 0.231. The van der Waals surface area contributed by atoms with Crippen LogP contribution in [0.25, 0.3) is 10.8 Å². The average molecular weight is 314 g/mol. The molecule has 0 radical (unpaired) electrons. The minimum absolute atomic E-state index is 1.12. The molecule has 0 unspecified atom stereocenters. The summed E-state index contributed by atoms with van der Waals surface area (Å²) in [7, 11) is 1.61. The van der Waals surface area contributed by atoms with Crippen LogP contribution in [0.1, 0.15) is 12.5 Å². The van der Waals surface area contributed by atoms with E-state index in [2.05, 4.69) is 52.5 Å². The third-order valence-electron chi connectivity index (χ3n) is 2.22. The Morgan fingerprint density at radius 3 is 2.27 bits per heavy atom. The Hall–Kier alpha value is -0.610. The summed E-state index contributed by atoms with van der Waals surface area (Å²) in [4.78, 5) is 0. The number of hydrogen-bond acceptors (Lipinski definition) is 1. The Morgan fingerprint density at radius 2 is 1.67 bits per heavy atom. The van der Waals surface area contributed by atoms with Crippen LogP contribution < -0.4 is 0 Å². The van der Waals surface area contributed by atoms with Gasteiger partial charge in [-0.1, -0.05) is 49.4 Å². The highest BCUT2D eigenvalue weighted by Gasteiger charge is 1.92. The van der Waals surface area contributed by atoms with Crippen molar-refractivity contribution in [3.63, 3.8) is 0 Å². The van der Waals surface area contributed by atoms with Gasteiger partial charge < -0.3 is 3.07 Å². The summed E-state index contributed by atoms with van der Waals surface area (Å²) in [5, 5.41) is 2.67. The predicted molar refractivity (Wildman–Crippen MR) is 74.4 cm³/mol. The van der Waals surface area contributed by atoms with Gasteiger partial charge in [0, 0.05) is 7.11 Å². The van der Waals surface area contributed by atoms with Gasteiger partial charge in [0.05, 0.1) is 0 Å². The molecule has 0 heterocycles. The summed E-state index contributed by atoms with van der Waals surface area (Å²) in [6, 6.07) is 15.1. The molecule has 0 aliphatic rings. The first-order valence-corrected chi connectivity index (χ1v) is 5.82. The molecule has 0 aromatic heterocycles. The van der Waals surface area contributed by atoms with Crippen molar-refractivity contribution in [3.05, 3.63) is 48.0 Å². The summed E-state index contributed by atoms with van der Waals surface area (Å²) >= 11 is 1.79. The van der Waals surface area contributed by atoms with Gasteiger partial charge in [0.2, 0.25) is 0 Å². The lowest BCUT2D eigenvalue weighted by Gasteiger charge is -1.99. The second kappa shape index (κ2) is 6.80. The van der Waals surface area contributed by atoms with Crippen molar-refractivity contribution >= 4 is 33.8 Å². The van der Waals surface area contributed by atoms with E-state index in [1.807, 2.05) is 0 Å². The van der Waals surface area contributed by atoms with E-state index in [0.29, 0.717) is 0 Å². The van der Waals surface area contributed by atoms with Crippen molar-refractivity contribution in [3.8, 4) is 0 Å². The molecular formula is C13H15IO. The van der Waals surface area contributed by atoms with Crippen LogP contribution >= 0.6 is 23.0 Å². The summed E-state index contributed by atoms with van der Waals surface area (Å²) in [6.45, 7) is 2.18. The zero-order chi connectivity index (χ0) is 11.1. The molecule has 1 nitrogen and oxygen atoms in total. The smallest absolute Gasteiger partial charge is 0.109 e. The maximum atomic E-state index is 4.22. The molecule has 0 bridgehead atoms. The van der Waals surface area contributed by atoms with E-state index in [1.54, 1.807) is 30.1 Å². The van der Waals surface area contributed by atoms with Crippen molar-refractivity contribution in [2.75, 3.05) is 7.11 Å². The molecule has 0 atom stereocenters. The molecule has 0 amide bonds. The minimum atomic E-state index is 1.12. The fourth-order valence-electron chi connectivity index (χ4n) is 1.46. The normalized spacial score (nSPS) is 9.53. The first-order valence-electron chi connectivity index (χ1n) is 4.94. The summed E-state index contributed by atoms with van der Waals surface area (Å²) < 4.78 is 4.22. The summed E-state index contributed by atoms with van der Waals surface area (Å²) in [5.74, 6) is 0. The molecule has 0 spiro atoms. The molecule has 15 heavy (non-hydrogen) atoms. The van der Waals surface area contributed by atoms with E-state index in [4.69, 9.17) is 0 Å². The van der Waals surface area contributed by atoms with Gasteiger partial charge in [0.1, 0.15) is 23.0 Å². The van der Waals surface area contributed by atoms with E-state index < -0.39 is 0 Å². The van der Waals surface area contributed by atoms with Crippen molar-refractivity contribution < 1.29 is 3.07 Å². The molecular weight excluding hydrogens is 299 g/mol. The van der Waals surface area contributed by atoms with Crippen molar-refractivity contribution in [1.29, 1.82) is 0 Å². The largest absolute Gasteiger partial charge is 0.319 e. The Balaban J connectivity index is 0.000000337. The third kappa shape index (κ3) is 3.80. The summed E-state index contributed by atoms with van der Waals surface area (Å²) in [6.07, 6.45) is 1.12. The number of halogens is 1. The Bertz CT molecular complexity index is 412. The second-order valence-corrected chi connectivity index (χ2v) is 4.07. The van der Waals surface area contributed by atoms with Gasteiger partial charge in [-0.2, -0.15) is 0 Å². The first kappa shape index (κ1) is 12.5. The zero-order valence-electron chi connectivity index (χ0n) is 9.03. The average Bonchev–Trinajstić information content (AvgIpc) is 2.29. The van der Waals surface area contributed by atoms with Crippen LogP contribution in [0.3, 0.4) is 0 Å². The number of aryl methyl sites for hydroxylation is 1. The van der Waals surface area contributed by atoms with Crippen LogP contribution in [0.2, 0.25) is 0 Å². The third-order valence-corrected chi connectivity index (χ3v) is 2.22. The van der Waals surface area contributed by atoms with E-state index >= 15 is 0 Å². The fourth-order valence-corrected chi connectivity index (χ4v) is 1.46. The van der Waals surface area contributed by atoms with Gasteiger partial charge in [-0.05, 0) is 22.8 Å². The minimum Gasteiger partial charge on any atom is -0.319 e. The Labute approximate surface area is 105 Å². The standard InChI is InChI=1S/C12H12.CH3IO/c1-2-10-7-8-11-5-3-4-6-12(11)9-10;1-3-2/h3-9H,2H2,1H3;1H3. The maximum absolute atomic E-state index is 4.22. The molecule has 80 valence electrons. The van der Waals surface area contributed by atoms with Gasteiger partial charge in [-0.15, -0.1) is 0 Å². The van der Waals surface area contributed by atoms with Crippen LogP contribution in [0.5, 0.6) is 0 Å². The van der Waals surface area contributed by atoms with Gasteiger partial charge in [0.15, 0.2) is 0 Å². The van der Waals surface area contributed by atoms with E-state index in [-0.39, 0.29) is 0 Å². The number of fused-ring (bicyclic) bond motifs is 1. The van der Waals surface area contributed by atoms with Gasteiger partial charge in [0.25, 0.3) is 0 Å². The van der Waals surface area contributed by atoms with E-state index in [0.717, 1.165) is 6.42 Å². The maximum Gasteiger partial charge on any atom is 0.109 e. The van der Waals surface area contributed by atoms with E-state index in [1.165, 1.54) is 16.3 Å². The van der Waals surface area contributed by atoms with Crippen LogP contribution in [-0.2, 0) is 9.49 Å². The van der Waals surface area contributed by atoms with Crippen LogP contribution in [-0.4, -0.2) is 7.11 Å². The van der Waals surface area contributed by atoms with Gasteiger partial charge in [-0.25, -0.2) is 0 Å². The highest BCUT2D eigenvalue weighted by Crippen LogP contribution is 2.15. The lowest BCUT2D eigenvalue weighted by atomic mass is 10.1. The van der Waals surface area contributed by atoms with Crippen molar-refractivity contribution in [2.24, 2.45) is 0 Å². The SMILES string of the molecule is CCc1ccc2ccccc2c1.COI. The molecule has 0 aliphatic carbocycles. The Kier molecular flexibility index (Phi) is 5.65. The molecule has 2 heteroatoms. The monoisotopic (exact) mass is 314 g/mol. The molecule has 2 rings (SSSR count). The highest BCUT2D eigenvalue weighted by atomic mass is 127. The van der Waals surface area contributed by atoms with Crippen molar-refractivity contribution in [2.45, 2.75) is 13.3 Å². The molecule has 0 aliphatic heterocycles. The van der Waals surface area contributed by atoms with Crippen molar-refractivity contribution in [1.82, 2.24) is 0 Å².